The zero-order valence-corrected chi connectivity index (χ0v) is 21.1. The number of pyridine rings is 1. The molecule has 0 saturated carbocycles. The predicted octanol–water partition coefficient (Wildman–Crippen LogP) is 7.67. The average Bonchev–Trinajstić information content (AvgIpc) is 3.26. The summed E-state index contributed by atoms with van der Waals surface area (Å²) < 4.78 is 14.7. The molecule has 4 N–H and O–H groups in total. The van der Waals surface area contributed by atoms with Crippen molar-refractivity contribution in [3.63, 3.8) is 0 Å². The number of benzene rings is 2. The van der Waals surface area contributed by atoms with Gasteiger partial charge >= 0.3 is 0 Å². The van der Waals surface area contributed by atoms with Gasteiger partial charge in [0.05, 0.1) is 17.1 Å². The molecule has 0 atom stereocenters. The van der Waals surface area contributed by atoms with E-state index in [0.717, 1.165) is 31.2 Å². The normalized spacial score (nSPS) is 12.2. The molecule has 0 aliphatic carbocycles. The number of H-pyrrole nitrogens is 1. The zero-order valence-electron chi connectivity index (χ0n) is 18.9. The highest BCUT2D eigenvalue weighted by atomic mass is 127. The van der Waals surface area contributed by atoms with Crippen LogP contribution in [-0.4, -0.2) is 15.7 Å². The molecule has 2 heterocycles. The molecule has 170 valence electrons. The summed E-state index contributed by atoms with van der Waals surface area (Å²) in [5.74, 6) is -0.321. The van der Waals surface area contributed by atoms with Crippen LogP contribution in [0.3, 0.4) is 0 Å². The SMILES string of the molecule is C=C(I)/C=C(\C(C)=C/C)c1ccc(N)c(C(=N)c2cc3c(-c4cccc(F)c4)nccc3[nH]2)c1. The molecule has 4 aromatic rings. The molecule has 4 rings (SSSR count). The summed E-state index contributed by atoms with van der Waals surface area (Å²) in [5, 5.41) is 9.75. The molecule has 0 bridgehead atoms. The van der Waals surface area contributed by atoms with E-state index in [-0.39, 0.29) is 11.5 Å². The van der Waals surface area contributed by atoms with Gasteiger partial charge in [-0.2, -0.15) is 0 Å². The van der Waals surface area contributed by atoms with Crippen molar-refractivity contribution >= 4 is 50.5 Å². The van der Waals surface area contributed by atoms with Crippen molar-refractivity contribution in [2.24, 2.45) is 0 Å². The molecule has 0 unspecified atom stereocenters. The van der Waals surface area contributed by atoms with Gasteiger partial charge in [-0.1, -0.05) is 30.9 Å². The van der Waals surface area contributed by atoms with Crippen LogP contribution >= 0.6 is 22.6 Å². The number of anilines is 1. The minimum Gasteiger partial charge on any atom is -0.398 e. The van der Waals surface area contributed by atoms with Gasteiger partial charge in [-0.15, -0.1) is 0 Å². The maximum Gasteiger partial charge on any atom is 0.123 e. The van der Waals surface area contributed by atoms with Crippen molar-refractivity contribution in [2.45, 2.75) is 13.8 Å². The van der Waals surface area contributed by atoms with Crippen LogP contribution < -0.4 is 5.73 Å². The first kappa shape index (κ1) is 23.6. The Morgan fingerprint density at radius 2 is 1.97 bits per heavy atom. The summed E-state index contributed by atoms with van der Waals surface area (Å²) in [5.41, 5.74) is 13.6. The Labute approximate surface area is 211 Å². The van der Waals surface area contributed by atoms with Crippen LogP contribution in [0.2, 0.25) is 0 Å². The van der Waals surface area contributed by atoms with Crippen molar-refractivity contribution in [1.29, 1.82) is 5.41 Å². The van der Waals surface area contributed by atoms with Gasteiger partial charge in [0.15, 0.2) is 0 Å². The lowest BCUT2D eigenvalue weighted by molar-refractivity contribution is 0.628. The Morgan fingerprint density at radius 1 is 1.18 bits per heavy atom. The van der Waals surface area contributed by atoms with E-state index in [2.05, 4.69) is 39.1 Å². The maximum absolute atomic E-state index is 13.8. The molecule has 0 aliphatic rings. The molecule has 0 amide bonds. The monoisotopic (exact) mass is 562 g/mol. The molecule has 34 heavy (non-hydrogen) atoms. The molecular formula is C28H24FIN4. The third-order valence-corrected chi connectivity index (χ3v) is 6.02. The topological polar surface area (TPSA) is 78.6 Å². The number of aromatic nitrogens is 2. The van der Waals surface area contributed by atoms with Crippen LogP contribution in [0, 0.1) is 11.2 Å². The van der Waals surface area contributed by atoms with Crippen molar-refractivity contribution in [1.82, 2.24) is 9.97 Å². The van der Waals surface area contributed by atoms with Crippen LogP contribution in [0.15, 0.2) is 88.7 Å². The molecule has 0 saturated heterocycles. The highest BCUT2D eigenvalue weighted by Gasteiger charge is 2.16. The first-order valence-corrected chi connectivity index (χ1v) is 11.8. The number of hydrogen-bond acceptors (Lipinski definition) is 3. The minimum absolute atomic E-state index is 0.270. The summed E-state index contributed by atoms with van der Waals surface area (Å²) >= 11 is 2.19. The predicted molar refractivity (Wildman–Crippen MR) is 149 cm³/mol. The van der Waals surface area contributed by atoms with E-state index < -0.39 is 0 Å². The second kappa shape index (κ2) is 9.77. The number of nitrogens with zero attached hydrogens (tertiary/aromatic N) is 1. The molecule has 6 heteroatoms. The Hall–Kier alpha value is -3.52. The maximum atomic E-state index is 13.8. The van der Waals surface area contributed by atoms with E-state index in [4.69, 9.17) is 11.1 Å². The Kier molecular flexibility index (Phi) is 6.79. The molecule has 2 aromatic carbocycles. The summed E-state index contributed by atoms with van der Waals surface area (Å²) in [7, 11) is 0. The average molecular weight is 562 g/mol. The van der Waals surface area contributed by atoms with Gasteiger partial charge in [-0.25, -0.2) is 4.39 Å². The molecule has 0 radical (unpaired) electrons. The van der Waals surface area contributed by atoms with Crippen LogP contribution in [0.25, 0.3) is 27.7 Å². The van der Waals surface area contributed by atoms with Gasteiger partial charge in [-0.05, 0) is 95.6 Å². The van der Waals surface area contributed by atoms with Crippen LogP contribution in [0.5, 0.6) is 0 Å². The molecule has 0 spiro atoms. The smallest absolute Gasteiger partial charge is 0.123 e. The second-order valence-corrected chi connectivity index (χ2v) is 9.35. The largest absolute Gasteiger partial charge is 0.398 e. The van der Waals surface area contributed by atoms with Gasteiger partial charge in [0, 0.05) is 37.5 Å². The van der Waals surface area contributed by atoms with Crippen LogP contribution in [0.4, 0.5) is 10.1 Å². The number of nitrogens with one attached hydrogen (secondary N) is 2. The van der Waals surface area contributed by atoms with Gasteiger partial charge in [-0.3, -0.25) is 10.4 Å². The van der Waals surface area contributed by atoms with E-state index in [1.54, 1.807) is 12.3 Å². The second-order valence-electron chi connectivity index (χ2n) is 7.97. The summed E-state index contributed by atoms with van der Waals surface area (Å²) in [4.78, 5) is 7.78. The number of rotatable bonds is 6. The summed E-state index contributed by atoms with van der Waals surface area (Å²) in [6.07, 6.45) is 5.75. The number of allylic oxidation sites excluding steroid dienone is 5. The van der Waals surface area contributed by atoms with Crippen LogP contribution in [0.1, 0.15) is 30.7 Å². The van der Waals surface area contributed by atoms with Gasteiger partial charge in [0.2, 0.25) is 0 Å². The van der Waals surface area contributed by atoms with Gasteiger partial charge < -0.3 is 10.7 Å². The minimum atomic E-state index is -0.321. The van der Waals surface area contributed by atoms with E-state index in [0.29, 0.717) is 28.2 Å². The molecule has 0 aliphatic heterocycles. The fourth-order valence-electron chi connectivity index (χ4n) is 3.88. The van der Waals surface area contributed by atoms with Crippen molar-refractivity contribution in [2.75, 3.05) is 5.73 Å². The number of nitrogen functional groups attached to an aromatic ring is 1. The lowest BCUT2D eigenvalue weighted by Gasteiger charge is -2.13. The third kappa shape index (κ3) is 4.72. The van der Waals surface area contributed by atoms with Crippen molar-refractivity contribution in [3.8, 4) is 11.3 Å². The highest BCUT2D eigenvalue weighted by molar-refractivity contribution is 14.1. The summed E-state index contributed by atoms with van der Waals surface area (Å²) in [6.45, 7) is 8.05. The van der Waals surface area contributed by atoms with Crippen LogP contribution in [-0.2, 0) is 0 Å². The fourth-order valence-corrected chi connectivity index (χ4v) is 4.19. The molecule has 4 nitrogen and oxygen atoms in total. The number of hydrogen-bond donors (Lipinski definition) is 3. The zero-order chi connectivity index (χ0) is 24.4. The third-order valence-electron chi connectivity index (χ3n) is 5.71. The van der Waals surface area contributed by atoms with E-state index in [1.165, 1.54) is 12.1 Å². The number of halogens is 2. The fraction of sp³-hybridized carbons (Fsp3) is 0.0714. The first-order chi connectivity index (χ1) is 16.3. The number of aromatic amines is 1. The quantitative estimate of drug-likeness (QED) is 0.0977. The van der Waals surface area contributed by atoms with E-state index in [9.17, 15) is 4.39 Å². The number of nitrogens with two attached hydrogens (primary N) is 1. The van der Waals surface area contributed by atoms with Crippen molar-refractivity contribution < 1.29 is 4.39 Å². The van der Waals surface area contributed by atoms with Gasteiger partial charge in [0.1, 0.15) is 5.82 Å². The molecular weight excluding hydrogens is 538 g/mol. The standard InChI is InChI=1S/C28H24FIN4/c1-4-16(2)21(12-17(3)30)18-8-9-24(31)22(14-18)27(32)26-15-23-25(34-26)10-11-33-28(23)19-6-5-7-20(29)13-19/h4-15,32,34H,3,31H2,1-2H3/b16-4-,21-12+,32-27?. The van der Waals surface area contributed by atoms with Crippen molar-refractivity contribution in [3.05, 3.63) is 111 Å². The molecule has 2 aromatic heterocycles. The Morgan fingerprint density at radius 3 is 2.68 bits per heavy atom. The van der Waals surface area contributed by atoms with E-state index >= 15 is 0 Å². The highest BCUT2D eigenvalue weighted by Crippen LogP contribution is 2.31. The lowest BCUT2D eigenvalue weighted by atomic mass is 9.94. The molecule has 0 fully saturated rings. The van der Waals surface area contributed by atoms with Gasteiger partial charge in [0.25, 0.3) is 0 Å². The first-order valence-electron chi connectivity index (χ1n) is 10.7. The number of fused-ring (bicyclic) bond motifs is 1. The summed E-state index contributed by atoms with van der Waals surface area (Å²) in [6, 6.07) is 15.8. The Balaban J connectivity index is 1.81. The lowest BCUT2D eigenvalue weighted by Crippen LogP contribution is -2.07. The van der Waals surface area contributed by atoms with E-state index in [1.807, 2.05) is 62.4 Å². The Bertz CT molecular complexity index is 1490.